The Morgan fingerprint density at radius 1 is 1.38 bits per heavy atom. The molecule has 1 amide bonds. The summed E-state index contributed by atoms with van der Waals surface area (Å²) in [5, 5.41) is 3.78. The van der Waals surface area contributed by atoms with Crippen molar-refractivity contribution in [2.24, 2.45) is 5.92 Å². The SMILES string of the molecule is CC(CCc1ccccc1)NC(=O)C1CSc2nccc(=O)n2C1. The van der Waals surface area contributed by atoms with Gasteiger partial charge in [-0.15, -0.1) is 0 Å². The number of benzene rings is 1. The van der Waals surface area contributed by atoms with Crippen molar-refractivity contribution in [3.8, 4) is 0 Å². The molecule has 1 aromatic heterocycles. The minimum absolute atomic E-state index is 0.0180. The highest BCUT2D eigenvalue weighted by Crippen LogP contribution is 2.24. The van der Waals surface area contributed by atoms with Crippen LogP contribution in [0.15, 0.2) is 52.5 Å². The first-order valence-electron chi connectivity index (χ1n) is 8.16. The predicted octanol–water partition coefficient (Wildman–Crippen LogP) is 2.10. The van der Waals surface area contributed by atoms with Gasteiger partial charge in [0.15, 0.2) is 5.16 Å². The molecule has 1 aliphatic rings. The van der Waals surface area contributed by atoms with E-state index in [0.717, 1.165) is 12.8 Å². The summed E-state index contributed by atoms with van der Waals surface area (Å²) < 4.78 is 1.59. The molecule has 1 aromatic carbocycles. The van der Waals surface area contributed by atoms with Crippen LogP contribution in [-0.4, -0.2) is 27.3 Å². The van der Waals surface area contributed by atoms with E-state index in [-0.39, 0.29) is 23.4 Å². The maximum absolute atomic E-state index is 12.5. The molecule has 0 spiro atoms. The monoisotopic (exact) mass is 343 g/mol. The molecule has 0 bridgehead atoms. The van der Waals surface area contributed by atoms with Crippen LogP contribution in [0.3, 0.4) is 0 Å². The molecule has 1 aliphatic heterocycles. The van der Waals surface area contributed by atoms with Crippen LogP contribution in [0.1, 0.15) is 18.9 Å². The molecule has 0 fully saturated rings. The molecule has 0 aliphatic carbocycles. The van der Waals surface area contributed by atoms with Gasteiger partial charge in [-0.25, -0.2) is 4.98 Å². The van der Waals surface area contributed by atoms with E-state index < -0.39 is 0 Å². The van der Waals surface area contributed by atoms with Crippen molar-refractivity contribution >= 4 is 17.7 Å². The molecule has 3 rings (SSSR count). The second-order valence-corrected chi connectivity index (χ2v) is 7.11. The molecular weight excluding hydrogens is 322 g/mol. The molecular formula is C18H21N3O2S. The summed E-state index contributed by atoms with van der Waals surface area (Å²) in [4.78, 5) is 28.6. The van der Waals surface area contributed by atoms with Crippen LogP contribution in [0.25, 0.3) is 0 Å². The third-order valence-electron chi connectivity index (χ3n) is 4.18. The lowest BCUT2D eigenvalue weighted by Gasteiger charge is -2.25. The maximum atomic E-state index is 12.5. The van der Waals surface area contributed by atoms with Crippen molar-refractivity contribution in [1.29, 1.82) is 0 Å². The first kappa shape index (κ1) is 16.8. The second-order valence-electron chi connectivity index (χ2n) is 6.12. The normalized spacial score (nSPS) is 17.8. The van der Waals surface area contributed by atoms with Crippen molar-refractivity contribution in [3.05, 3.63) is 58.5 Å². The van der Waals surface area contributed by atoms with Crippen molar-refractivity contribution < 1.29 is 4.79 Å². The van der Waals surface area contributed by atoms with E-state index in [1.165, 1.54) is 29.6 Å². The highest BCUT2D eigenvalue weighted by Gasteiger charge is 2.27. The lowest BCUT2D eigenvalue weighted by molar-refractivity contribution is -0.125. The topological polar surface area (TPSA) is 64.0 Å². The number of nitrogens with one attached hydrogen (secondary N) is 1. The summed E-state index contributed by atoms with van der Waals surface area (Å²) in [6.45, 7) is 2.44. The molecule has 2 heterocycles. The number of rotatable bonds is 5. The summed E-state index contributed by atoms with van der Waals surface area (Å²) in [7, 11) is 0. The molecule has 5 nitrogen and oxygen atoms in total. The maximum Gasteiger partial charge on any atom is 0.254 e. The summed E-state index contributed by atoms with van der Waals surface area (Å²) in [5.41, 5.74) is 1.18. The smallest absolute Gasteiger partial charge is 0.254 e. The number of hydrogen-bond acceptors (Lipinski definition) is 4. The number of hydrogen-bond donors (Lipinski definition) is 1. The number of nitrogens with zero attached hydrogens (tertiary/aromatic N) is 2. The van der Waals surface area contributed by atoms with Gasteiger partial charge < -0.3 is 5.32 Å². The fourth-order valence-corrected chi connectivity index (χ4v) is 3.83. The van der Waals surface area contributed by atoms with Gasteiger partial charge in [0, 0.05) is 30.6 Å². The van der Waals surface area contributed by atoms with E-state index in [4.69, 9.17) is 0 Å². The molecule has 2 atom stereocenters. The standard InChI is InChI=1S/C18H21N3O2S/c1-13(7-8-14-5-3-2-4-6-14)20-17(23)15-11-21-16(22)9-10-19-18(21)24-12-15/h2-6,9-10,13,15H,7-8,11-12H2,1H3,(H,20,23). The number of carbonyl (C=O) groups is 1. The second kappa shape index (κ2) is 7.66. The fourth-order valence-electron chi connectivity index (χ4n) is 2.77. The Morgan fingerprint density at radius 2 is 2.17 bits per heavy atom. The van der Waals surface area contributed by atoms with Gasteiger partial charge in [-0.2, -0.15) is 0 Å². The number of carbonyl (C=O) groups excluding carboxylic acids is 1. The third kappa shape index (κ3) is 4.06. The van der Waals surface area contributed by atoms with E-state index in [9.17, 15) is 9.59 Å². The lowest BCUT2D eigenvalue weighted by Crippen LogP contribution is -2.43. The molecule has 0 saturated heterocycles. The van der Waals surface area contributed by atoms with Gasteiger partial charge in [0.1, 0.15) is 0 Å². The Kier molecular flexibility index (Phi) is 5.35. The van der Waals surface area contributed by atoms with Crippen LogP contribution < -0.4 is 10.9 Å². The Balaban J connectivity index is 1.54. The zero-order chi connectivity index (χ0) is 16.9. The average molecular weight is 343 g/mol. The summed E-state index contributed by atoms with van der Waals surface area (Å²) in [6, 6.07) is 11.8. The van der Waals surface area contributed by atoms with E-state index in [1.807, 2.05) is 25.1 Å². The van der Waals surface area contributed by atoms with E-state index >= 15 is 0 Å². The van der Waals surface area contributed by atoms with Crippen LogP contribution in [-0.2, 0) is 17.8 Å². The zero-order valence-corrected chi connectivity index (χ0v) is 14.5. The molecule has 6 heteroatoms. The number of amides is 1. The van der Waals surface area contributed by atoms with Gasteiger partial charge in [-0.3, -0.25) is 14.2 Å². The minimum atomic E-state index is -0.191. The van der Waals surface area contributed by atoms with Crippen LogP contribution >= 0.6 is 11.8 Å². The van der Waals surface area contributed by atoms with Crippen LogP contribution in [0, 0.1) is 5.92 Å². The highest BCUT2D eigenvalue weighted by molar-refractivity contribution is 7.99. The quantitative estimate of drug-likeness (QED) is 0.845. The minimum Gasteiger partial charge on any atom is -0.353 e. The van der Waals surface area contributed by atoms with Crippen molar-refractivity contribution in [3.63, 3.8) is 0 Å². The lowest BCUT2D eigenvalue weighted by atomic mass is 10.1. The van der Waals surface area contributed by atoms with Gasteiger partial charge in [0.2, 0.25) is 5.91 Å². The Bertz CT molecular complexity index is 760. The number of fused-ring (bicyclic) bond motifs is 1. The fraction of sp³-hybridized carbons (Fsp3) is 0.389. The van der Waals surface area contributed by atoms with E-state index in [0.29, 0.717) is 17.5 Å². The molecule has 1 N–H and O–H groups in total. The zero-order valence-electron chi connectivity index (χ0n) is 13.6. The van der Waals surface area contributed by atoms with Crippen LogP contribution in [0.2, 0.25) is 0 Å². The number of aryl methyl sites for hydroxylation is 1. The summed E-state index contributed by atoms with van der Waals surface area (Å²) in [5.74, 6) is 0.487. The molecule has 2 aromatic rings. The third-order valence-corrected chi connectivity index (χ3v) is 5.34. The molecule has 126 valence electrons. The Morgan fingerprint density at radius 3 is 2.96 bits per heavy atom. The van der Waals surface area contributed by atoms with Gasteiger partial charge in [0.05, 0.1) is 5.92 Å². The average Bonchev–Trinajstić information content (AvgIpc) is 2.61. The van der Waals surface area contributed by atoms with E-state index in [2.05, 4.69) is 22.4 Å². The van der Waals surface area contributed by atoms with E-state index in [1.54, 1.807) is 4.57 Å². The van der Waals surface area contributed by atoms with Gasteiger partial charge in [0.25, 0.3) is 5.56 Å². The number of aromatic nitrogens is 2. The highest BCUT2D eigenvalue weighted by atomic mass is 32.2. The summed E-state index contributed by atoms with van der Waals surface area (Å²) >= 11 is 1.47. The molecule has 24 heavy (non-hydrogen) atoms. The van der Waals surface area contributed by atoms with Crippen molar-refractivity contribution in [2.45, 2.75) is 37.5 Å². The summed E-state index contributed by atoms with van der Waals surface area (Å²) in [6.07, 6.45) is 3.36. The first-order chi connectivity index (χ1) is 11.6. The van der Waals surface area contributed by atoms with Crippen molar-refractivity contribution in [1.82, 2.24) is 14.9 Å². The Labute approximate surface area is 145 Å². The van der Waals surface area contributed by atoms with Crippen LogP contribution in [0.5, 0.6) is 0 Å². The van der Waals surface area contributed by atoms with Gasteiger partial charge >= 0.3 is 0 Å². The van der Waals surface area contributed by atoms with Crippen LogP contribution in [0.4, 0.5) is 0 Å². The predicted molar refractivity (Wildman–Crippen MR) is 95.1 cm³/mol. The molecule has 0 radical (unpaired) electrons. The first-order valence-corrected chi connectivity index (χ1v) is 9.15. The van der Waals surface area contributed by atoms with Gasteiger partial charge in [-0.1, -0.05) is 42.1 Å². The Hall–Kier alpha value is -2.08. The molecule has 0 saturated carbocycles. The van der Waals surface area contributed by atoms with Gasteiger partial charge in [-0.05, 0) is 25.3 Å². The molecule has 2 unspecified atom stereocenters. The number of thioether (sulfide) groups is 1. The van der Waals surface area contributed by atoms with Crippen molar-refractivity contribution in [2.75, 3.05) is 5.75 Å². The largest absolute Gasteiger partial charge is 0.353 e.